The van der Waals surface area contributed by atoms with E-state index in [1.807, 2.05) is 0 Å². The summed E-state index contributed by atoms with van der Waals surface area (Å²) in [7, 11) is 0. The van der Waals surface area contributed by atoms with E-state index in [9.17, 15) is 22.8 Å². The van der Waals surface area contributed by atoms with E-state index in [2.05, 4.69) is 4.90 Å². The first-order chi connectivity index (χ1) is 16.9. The summed E-state index contributed by atoms with van der Waals surface area (Å²) in [4.78, 5) is 31.2. The molecule has 0 bridgehead atoms. The van der Waals surface area contributed by atoms with Gasteiger partial charge in [0.1, 0.15) is 17.5 Å². The first-order valence-corrected chi connectivity index (χ1v) is 11.6. The van der Waals surface area contributed by atoms with E-state index in [1.54, 1.807) is 6.07 Å². The molecule has 35 heavy (non-hydrogen) atoms. The number of carbonyl (C=O) groups is 2. The van der Waals surface area contributed by atoms with Gasteiger partial charge < -0.3 is 19.3 Å². The molecule has 2 amide bonds. The van der Waals surface area contributed by atoms with E-state index < -0.39 is 35.4 Å². The summed E-state index contributed by atoms with van der Waals surface area (Å²) in [5.74, 6) is -3.34. The Morgan fingerprint density at radius 3 is 2.46 bits per heavy atom. The van der Waals surface area contributed by atoms with Gasteiger partial charge in [0, 0.05) is 51.9 Å². The molecule has 2 aliphatic rings. The maximum atomic E-state index is 14.4. The Bertz CT molecular complexity index is 1050. The summed E-state index contributed by atoms with van der Waals surface area (Å²) in [6.07, 6.45) is -0.545. The Balaban J connectivity index is 1.46. The Labute approximate surface area is 202 Å². The summed E-state index contributed by atoms with van der Waals surface area (Å²) in [5, 5.41) is 0. The topological polar surface area (TPSA) is 62.3 Å². The van der Waals surface area contributed by atoms with Crippen molar-refractivity contribution in [3.8, 4) is 0 Å². The molecule has 0 spiro atoms. The first kappa shape index (κ1) is 25.2. The molecule has 2 saturated heterocycles. The molecule has 2 fully saturated rings. The highest BCUT2D eigenvalue weighted by molar-refractivity contribution is 5.95. The largest absolute Gasteiger partial charge is 0.379 e. The van der Waals surface area contributed by atoms with Crippen molar-refractivity contribution in [3.63, 3.8) is 0 Å². The van der Waals surface area contributed by atoms with Gasteiger partial charge in [-0.05, 0) is 24.3 Å². The second-order valence-electron chi connectivity index (χ2n) is 8.55. The van der Waals surface area contributed by atoms with E-state index >= 15 is 0 Å². The molecular formula is C25H28F3N3O4. The van der Waals surface area contributed by atoms with Gasteiger partial charge in [-0.3, -0.25) is 14.5 Å². The molecule has 1 atom stereocenters. The second-order valence-corrected chi connectivity index (χ2v) is 8.55. The number of morpholine rings is 2. The van der Waals surface area contributed by atoms with Crippen molar-refractivity contribution >= 4 is 11.8 Å². The standard InChI is InChI=1S/C25H28F3N3O4/c26-18-5-6-21(23(28)15-18)25(33)31-11-14-35-19(17-31)16-30(8-7-29-9-12-34-13-10-29)24(32)20-3-1-2-4-22(20)27/h1-6,15,19H,7-14,16-17H2/t19-/m0/s1. The van der Waals surface area contributed by atoms with Crippen molar-refractivity contribution in [2.24, 2.45) is 0 Å². The number of carbonyl (C=O) groups excluding carboxylic acids is 2. The van der Waals surface area contributed by atoms with Crippen LogP contribution in [-0.2, 0) is 9.47 Å². The van der Waals surface area contributed by atoms with Gasteiger partial charge in [-0.1, -0.05) is 12.1 Å². The number of amides is 2. The lowest BCUT2D eigenvalue weighted by Crippen LogP contribution is -2.52. The molecule has 0 N–H and O–H groups in total. The smallest absolute Gasteiger partial charge is 0.257 e. The molecule has 188 valence electrons. The van der Waals surface area contributed by atoms with Gasteiger partial charge in [0.15, 0.2) is 0 Å². The van der Waals surface area contributed by atoms with Crippen LogP contribution in [0.25, 0.3) is 0 Å². The molecule has 0 saturated carbocycles. The van der Waals surface area contributed by atoms with Crippen LogP contribution in [-0.4, -0.2) is 98.3 Å². The van der Waals surface area contributed by atoms with Gasteiger partial charge in [0.05, 0.1) is 37.1 Å². The maximum Gasteiger partial charge on any atom is 0.257 e. The third-order valence-electron chi connectivity index (χ3n) is 6.19. The molecule has 0 unspecified atom stereocenters. The number of benzene rings is 2. The van der Waals surface area contributed by atoms with Crippen molar-refractivity contribution in [3.05, 3.63) is 71.0 Å². The van der Waals surface area contributed by atoms with Crippen molar-refractivity contribution in [1.29, 1.82) is 0 Å². The minimum absolute atomic E-state index is 0.0356. The quantitative estimate of drug-likeness (QED) is 0.596. The van der Waals surface area contributed by atoms with Crippen LogP contribution in [0.4, 0.5) is 13.2 Å². The predicted molar refractivity (Wildman–Crippen MR) is 122 cm³/mol. The Morgan fingerprint density at radius 1 is 0.943 bits per heavy atom. The second kappa shape index (κ2) is 11.7. The van der Waals surface area contributed by atoms with Crippen LogP contribution in [0.5, 0.6) is 0 Å². The van der Waals surface area contributed by atoms with Crippen molar-refractivity contribution < 1.29 is 32.2 Å². The van der Waals surface area contributed by atoms with Crippen LogP contribution in [0.15, 0.2) is 42.5 Å². The minimum Gasteiger partial charge on any atom is -0.379 e. The summed E-state index contributed by atoms with van der Waals surface area (Å²) in [6.45, 7) is 4.33. The number of nitrogens with zero attached hydrogens (tertiary/aromatic N) is 3. The van der Waals surface area contributed by atoms with E-state index in [1.165, 1.54) is 28.0 Å². The fourth-order valence-corrected chi connectivity index (χ4v) is 4.26. The summed E-state index contributed by atoms with van der Waals surface area (Å²) >= 11 is 0. The highest BCUT2D eigenvalue weighted by Crippen LogP contribution is 2.17. The Kier molecular flexibility index (Phi) is 8.37. The van der Waals surface area contributed by atoms with Gasteiger partial charge >= 0.3 is 0 Å². The van der Waals surface area contributed by atoms with Crippen LogP contribution >= 0.6 is 0 Å². The normalized spacial score (nSPS) is 18.9. The van der Waals surface area contributed by atoms with Crippen LogP contribution in [0, 0.1) is 17.5 Å². The fraction of sp³-hybridized carbons (Fsp3) is 0.440. The number of halogens is 3. The van der Waals surface area contributed by atoms with Gasteiger partial charge in [0.2, 0.25) is 0 Å². The van der Waals surface area contributed by atoms with E-state index in [0.717, 1.165) is 25.2 Å². The monoisotopic (exact) mass is 491 g/mol. The zero-order chi connectivity index (χ0) is 24.8. The van der Waals surface area contributed by atoms with Gasteiger partial charge in [-0.15, -0.1) is 0 Å². The summed E-state index contributed by atoms with van der Waals surface area (Å²) in [5.41, 5.74) is -0.259. The number of hydrogen-bond donors (Lipinski definition) is 0. The number of ether oxygens (including phenoxy) is 2. The van der Waals surface area contributed by atoms with Gasteiger partial charge in [-0.25, -0.2) is 13.2 Å². The molecule has 2 heterocycles. The Morgan fingerprint density at radius 2 is 1.71 bits per heavy atom. The average molecular weight is 492 g/mol. The predicted octanol–water partition coefficient (Wildman–Crippen LogP) is 2.42. The van der Waals surface area contributed by atoms with Crippen LogP contribution in [0.3, 0.4) is 0 Å². The third-order valence-corrected chi connectivity index (χ3v) is 6.19. The van der Waals surface area contributed by atoms with Crippen molar-refractivity contribution in [2.45, 2.75) is 6.10 Å². The molecule has 2 aromatic carbocycles. The molecule has 10 heteroatoms. The fourth-order valence-electron chi connectivity index (χ4n) is 4.26. The van der Waals surface area contributed by atoms with Crippen molar-refractivity contribution in [2.75, 3.05) is 65.6 Å². The molecule has 4 rings (SSSR count). The van der Waals surface area contributed by atoms with Gasteiger partial charge in [-0.2, -0.15) is 0 Å². The maximum absolute atomic E-state index is 14.4. The average Bonchev–Trinajstić information content (AvgIpc) is 2.87. The molecule has 2 aliphatic heterocycles. The minimum atomic E-state index is -0.931. The van der Waals surface area contributed by atoms with Crippen LogP contribution in [0.1, 0.15) is 20.7 Å². The van der Waals surface area contributed by atoms with E-state index in [0.29, 0.717) is 32.4 Å². The lowest BCUT2D eigenvalue weighted by Gasteiger charge is -2.37. The molecule has 0 aromatic heterocycles. The van der Waals surface area contributed by atoms with Crippen LogP contribution < -0.4 is 0 Å². The van der Waals surface area contributed by atoms with E-state index in [-0.39, 0.29) is 37.4 Å². The highest BCUT2D eigenvalue weighted by atomic mass is 19.1. The highest BCUT2D eigenvalue weighted by Gasteiger charge is 2.30. The number of rotatable bonds is 7. The van der Waals surface area contributed by atoms with E-state index in [4.69, 9.17) is 9.47 Å². The molecular weight excluding hydrogens is 463 g/mol. The molecule has 2 aromatic rings. The first-order valence-electron chi connectivity index (χ1n) is 11.6. The zero-order valence-corrected chi connectivity index (χ0v) is 19.3. The lowest BCUT2D eigenvalue weighted by molar-refractivity contribution is -0.0348. The molecule has 7 nitrogen and oxygen atoms in total. The van der Waals surface area contributed by atoms with Crippen LogP contribution in [0.2, 0.25) is 0 Å². The summed E-state index contributed by atoms with van der Waals surface area (Å²) in [6, 6.07) is 8.63. The lowest BCUT2D eigenvalue weighted by atomic mass is 10.1. The van der Waals surface area contributed by atoms with Crippen molar-refractivity contribution in [1.82, 2.24) is 14.7 Å². The molecule has 0 aliphatic carbocycles. The SMILES string of the molecule is O=C(c1ccc(F)cc1F)N1CCO[C@@H](CN(CCN2CCOCC2)C(=O)c2ccccc2F)C1. The Hall–Kier alpha value is -2.95. The third kappa shape index (κ3) is 6.39. The molecule has 0 radical (unpaired) electrons. The number of hydrogen-bond acceptors (Lipinski definition) is 5. The zero-order valence-electron chi connectivity index (χ0n) is 19.3. The van der Waals surface area contributed by atoms with Gasteiger partial charge in [0.25, 0.3) is 11.8 Å². The summed E-state index contributed by atoms with van der Waals surface area (Å²) < 4.78 is 53.0.